The molecule has 1 atom stereocenters. The number of benzene rings is 1. The van der Waals surface area contributed by atoms with Crippen molar-refractivity contribution < 1.29 is 13.9 Å². The summed E-state index contributed by atoms with van der Waals surface area (Å²) in [6.45, 7) is 0.392. The van der Waals surface area contributed by atoms with Crippen LogP contribution in [-0.4, -0.2) is 19.7 Å². The SMILES string of the molecule is COc1cccc([C@H]2CNC(=O)N2)c1F. The number of carbonyl (C=O) groups excluding carboxylic acids is 1. The first-order chi connectivity index (χ1) is 7.22. The molecule has 4 nitrogen and oxygen atoms in total. The lowest BCUT2D eigenvalue weighted by Crippen LogP contribution is -2.22. The molecule has 2 N–H and O–H groups in total. The molecule has 1 saturated heterocycles. The fourth-order valence-electron chi connectivity index (χ4n) is 1.60. The summed E-state index contributed by atoms with van der Waals surface area (Å²) in [5.74, 6) is -0.234. The number of nitrogens with one attached hydrogen (secondary N) is 2. The first-order valence-electron chi connectivity index (χ1n) is 4.59. The van der Waals surface area contributed by atoms with Crippen LogP contribution in [-0.2, 0) is 0 Å². The normalized spacial score (nSPS) is 19.6. The number of methoxy groups -OCH3 is 1. The van der Waals surface area contributed by atoms with Crippen LogP contribution in [0, 0.1) is 5.82 Å². The molecule has 1 fully saturated rings. The number of carbonyl (C=O) groups is 1. The third-order valence-electron chi connectivity index (χ3n) is 2.36. The average molecular weight is 210 g/mol. The summed E-state index contributed by atoms with van der Waals surface area (Å²) in [6, 6.07) is 4.27. The number of hydrogen-bond donors (Lipinski definition) is 2. The van der Waals surface area contributed by atoms with Gasteiger partial charge in [-0.05, 0) is 6.07 Å². The van der Waals surface area contributed by atoms with Crippen LogP contribution in [0.1, 0.15) is 11.6 Å². The minimum Gasteiger partial charge on any atom is -0.494 e. The molecule has 2 rings (SSSR count). The summed E-state index contributed by atoms with van der Waals surface area (Å²) >= 11 is 0. The van der Waals surface area contributed by atoms with E-state index in [2.05, 4.69) is 10.6 Å². The highest BCUT2D eigenvalue weighted by Crippen LogP contribution is 2.25. The van der Waals surface area contributed by atoms with Crippen LogP contribution in [0.4, 0.5) is 9.18 Å². The molecule has 1 heterocycles. The second-order valence-corrected chi connectivity index (χ2v) is 3.27. The van der Waals surface area contributed by atoms with Crippen molar-refractivity contribution in [2.45, 2.75) is 6.04 Å². The van der Waals surface area contributed by atoms with Crippen molar-refractivity contribution in [2.24, 2.45) is 0 Å². The third-order valence-corrected chi connectivity index (χ3v) is 2.36. The van der Waals surface area contributed by atoms with Crippen molar-refractivity contribution in [1.82, 2.24) is 10.6 Å². The number of rotatable bonds is 2. The van der Waals surface area contributed by atoms with Gasteiger partial charge in [-0.25, -0.2) is 9.18 Å². The van der Waals surface area contributed by atoms with Gasteiger partial charge in [-0.1, -0.05) is 12.1 Å². The Hall–Kier alpha value is -1.78. The zero-order chi connectivity index (χ0) is 10.8. The monoisotopic (exact) mass is 210 g/mol. The van der Waals surface area contributed by atoms with Crippen molar-refractivity contribution in [2.75, 3.05) is 13.7 Å². The van der Waals surface area contributed by atoms with Crippen LogP contribution in [0.25, 0.3) is 0 Å². The summed E-state index contributed by atoms with van der Waals surface area (Å²) in [5, 5.41) is 5.19. The first-order valence-corrected chi connectivity index (χ1v) is 4.59. The average Bonchev–Trinajstić information content (AvgIpc) is 2.65. The van der Waals surface area contributed by atoms with E-state index >= 15 is 0 Å². The number of amides is 2. The van der Waals surface area contributed by atoms with E-state index in [1.54, 1.807) is 18.2 Å². The first kappa shape index (κ1) is 9.76. The van der Waals surface area contributed by atoms with Gasteiger partial charge in [0.1, 0.15) is 0 Å². The quantitative estimate of drug-likeness (QED) is 0.770. The Balaban J connectivity index is 2.32. The topological polar surface area (TPSA) is 50.4 Å². The van der Waals surface area contributed by atoms with Crippen molar-refractivity contribution in [1.29, 1.82) is 0 Å². The van der Waals surface area contributed by atoms with E-state index in [1.807, 2.05) is 0 Å². The summed E-state index contributed by atoms with van der Waals surface area (Å²) in [5.41, 5.74) is 0.438. The molecule has 0 aromatic heterocycles. The van der Waals surface area contributed by atoms with E-state index < -0.39 is 5.82 Å². The summed E-state index contributed by atoms with van der Waals surface area (Å²) in [6.07, 6.45) is 0. The van der Waals surface area contributed by atoms with Gasteiger partial charge in [-0.15, -0.1) is 0 Å². The van der Waals surface area contributed by atoms with Gasteiger partial charge in [0.05, 0.1) is 13.2 Å². The van der Waals surface area contributed by atoms with Crippen LogP contribution < -0.4 is 15.4 Å². The Morgan fingerprint density at radius 3 is 2.93 bits per heavy atom. The van der Waals surface area contributed by atoms with E-state index in [9.17, 15) is 9.18 Å². The van der Waals surface area contributed by atoms with Crippen molar-refractivity contribution in [3.05, 3.63) is 29.6 Å². The highest BCUT2D eigenvalue weighted by Gasteiger charge is 2.25. The van der Waals surface area contributed by atoms with Crippen molar-refractivity contribution in [3.8, 4) is 5.75 Å². The summed E-state index contributed by atoms with van der Waals surface area (Å²) in [7, 11) is 1.41. The molecule has 1 aromatic rings. The van der Waals surface area contributed by atoms with Crippen LogP contribution in [0.5, 0.6) is 5.75 Å². The van der Waals surface area contributed by atoms with E-state index in [4.69, 9.17) is 4.74 Å². The third kappa shape index (κ3) is 1.72. The van der Waals surface area contributed by atoms with Gasteiger partial charge in [0.15, 0.2) is 11.6 Å². The molecule has 1 aromatic carbocycles. The molecule has 1 aliphatic rings. The molecule has 15 heavy (non-hydrogen) atoms. The zero-order valence-electron chi connectivity index (χ0n) is 8.21. The smallest absolute Gasteiger partial charge is 0.315 e. The maximum Gasteiger partial charge on any atom is 0.315 e. The summed E-state index contributed by atoms with van der Waals surface area (Å²) in [4.78, 5) is 10.9. The lowest BCUT2D eigenvalue weighted by Gasteiger charge is -2.12. The minimum atomic E-state index is -0.422. The van der Waals surface area contributed by atoms with E-state index in [-0.39, 0.29) is 17.8 Å². The molecule has 80 valence electrons. The van der Waals surface area contributed by atoms with Crippen LogP contribution in [0.2, 0.25) is 0 Å². The largest absolute Gasteiger partial charge is 0.494 e. The number of urea groups is 1. The van der Waals surface area contributed by atoms with Crippen molar-refractivity contribution >= 4 is 6.03 Å². The number of hydrogen-bond acceptors (Lipinski definition) is 2. The Kier molecular flexibility index (Phi) is 2.45. The van der Waals surface area contributed by atoms with E-state index in [0.717, 1.165) is 0 Å². The Morgan fingerprint density at radius 2 is 2.33 bits per heavy atom. The molecule has 0 radical (unpaired) electrons. The Bertz CT molecular complexity index is 395. The molecule has 0 saturated carbocycles. The molecule has 5 heteroatoms. The molecule has 2 amide bonds. The van der Waals surface area contributed by atoms with Crippen LogP contribution in [0.3, 0.4) is 0 Å². The van der Waals surface area contributed by atoms with Gasteiger partial charge in [0, 0.05) is 12.1 Å². The van der Waals surface area contributed by atoms with Crippen LogP contribution >= 0.6 is 0 Å². The Morgan fingerprint density at radius 1 is 1.53 bits per heavy atom. The van der Waals surface area contributed by atoms with Gasteiger partial charge < -0.3 is 15.4 Å². The van der Waals surface area contributed by atoms with Crippen molar-refractivity contribution in [3.63, 3.8) is 0 Å². The lowest BCUT2D eigenvalue weighted by atomic mass is 10.1. The molecule has 0 unspecified atom stereocenters. The molecule has 0 aliphatic carbocycles. The maximum absolute atomic E-state index is 13.7. The predicted octanol–water partition coefficient (Wildman–Crippen LogP) is 1.19. The second kappa shape index (κ2) is 3.76. The highest BCUT2D eigenvalue weighted by atomic mass is 19.1. The van der Waals surface area contributed by atoms with Gasteiger partial charge in [0.2, 0.25) is 0 Å². The molecule has 0 spiro atoms. The fraction of sp³-hybridized carbons (Fsp3) is 0.300. The van der Waals surface area contributed by atoms with Gasteiger partial charge >= 0.3 is 6.03 Å². The zero-order valence-corrected chi connectivity index (χ0v) is 8.21. The van der Waals surface area contributed by atoms with Gasteiger partial charge in [-0.3, -0.25) is 0 Å². The fourth-order valence-corrected chi connectivity index (χ4v) is 1.60. The summed E-state index contributed by atoms with van der Waals surface area (Å²) < 4.78 is 18.6. The highest BCUT2D eigenvalue weighted by molar-refractivity contribution is 5.76. The standard InChI is InChI=1S/C10H11FN2O2/c1-15-8-4-2-3-6(9(8)11)7-5-12-10(14)13-7/h2-4,7H,5H2,1H3,(H2,12,13,14)/t7-/m1/s1. The van der Waals surface area contributed by atoms with Crippen LogP contribution in [0.15, 0.2) is 18.2 Å². The van der Waals surface area contributed by atoms with Gasteiger partial charge in [0.25, 0.3) is 0 Å². The second-order valence-electron chi connectivity index (χ2n) is 3.27. The van der Waals surface area contributed by atoms with E-state index in [1.165, 1.54) is 7.11 Å². The molecule has 0 bridgehead atoms. The lowest BCUT2D eigenvalue weighted by molar-refractivity contribution is 0.247. The number of halogens is 1. The maximum atomic E-state index is 13.7. The van der Waals surface area contributed by atoms with Gasteiger partial charge in [-0.2, -0.15) is 0 Å². The Labute approximate surface area is 86.4 Å². The molecular weight excluding hydrogens is 199 g/mol. The number of ether oxygens (including phenoxy) is 1. The molecular formula is C10H11FN2O2. The predicted molar refractivity (Wildman–Crippen MR) is 52.2 cm³/mol. The minimum absolute atomic E-state index is 0.189. The molecule has 1 aliphatic heterocycles. The van der Waals surface area contributed by atoms with E-state index in [0.29, 0.717) is 12.1 Å².